The summed E-state index contributed by atoms with van der Waals surface area (Å²) in [4.78, 5) is 13.3. The molecule has 0 bridgehead atoms. The first-order chi connectivity index (χ1) is 13.3. The van der Waals surface area contributed by atoms with Crippen LogP contribution in [0.15, 0.2) is 57.8 Å². The quantitative estimate of drug-likeness (QED) is 0.579. The molecule has 0 atom stereocenters. The molecule has 146 valence electrons. The summed E-state index contributed by atoms with van der Waals surface area (Å²) in [7, 11) is 0. The Bertz CT molecular complexity index is 938. The second-order valence-corrected chi connectivity index (χ2v) is 7.13. The van der Waals surface area contributed by atoms with E-state index >= 15 is 0 Å². The van der Waals surface area contributed by atoms with Gasteiger partial charge in [0.15, 0.2) is 0 Å². The number of aromatic nitrogens is 2. The van der Waals surface area contributed by atoms with Gasteiger partial charge in [-0.25, -0.2) is 0 Å². The second-order valence-electron chi connectivity index (χ2n) is 5.79. The van der Waals surface area contributed by atoms with Crippen molar-refractivity contribution in [1.29, 1.82) is 0 Å². The maximum Gasteiger partial charge on any atom is 0.416 e. The van der Waals surface area contributed by atoms with Crippen molar-refractivity contribution in [3.05, 3.63) is 59.7 Å². The van der Waals surface area contributed by atoms with Crippen LogP contribution in [0.3, 0.4) is 0 Å². The highest BCUT2D eigenvalue weighted by Gasteiger charge is 2.30. The summed E-state index contributed by atoms with van der Waals surface area (Å²) in [5, 5.41) is 9.96. The van der Waals surface area contributed by atoms with Crippen LogP contribution in [0.2, 0.25) is 0 Å². The minimum absolute atomic E-state index is 0.0185. The van der Waals surface area contributed by atoms with Crippen molar-refractivity contribution in [2.24, 2.45) is 0 Å². The molecule has 1 amide bonds. The van der Waals surface area contributed by atoms with E-state index in [1.54, 1.807) is 11.8 Å². The van der Waals surface area contributed by atoms with Gasteiger partial charge in [-0.1, -0.05) is 24.2 Å². The molecule has 3 aromatic rings. The van der Waals surface area contributed by atoms with Crippen molar-refractivity contribution in [1.82, 2.24) is 10.2 Å². The molecule has 0 radical (unpaired) electrons. The third-order valence-corrected chi connectivity index (χ3v) is 4.62. The van der Waals surface area contributed by atoms with Crippen LogP contribution < -0.4 is 5.32 Å². The Morgan fingerprint density at radius 1 is 1.07 bits per heavy atom. The van der Waals surface area contributed by atoms with E-state index in [2.05, 4.69) is 22.4 Å². The fourth-order valence-electron chi connectivity index (χ4n) is 2.41. The predicted molar refractivity (Wildman–Crippen MR) is 99.9 cm³/mol. The zero-order valence-electron chi connectivity index (χ0n) is 14.8. The molecule has 0 saturated heterocycles. The number of carbonyl (C=O) groups excluding carboxylic acids is 1. The molecule has 5 nitrogen and oxygen atoms in total. The molecule has 1 aromatic heterocycles. The average Bonchev–Trinajstić information content (AvgIpc) is 3.11. The number of benzene rings is 2. The lowest BCUT2D eigenvalue weighted by atomic mass is 10.1. The van der Waals surface area contributed by atoms with E-state index in [1.165, 1.54) is 12.1 Å². The van der Waals surface area contributed by atoms with Gasteiger partial charge in [0.25, 0.3) is 0 Å². The molecule has 2 aromatic carbocycles. The largest absolute Gasteiger partial charge is 0.416 e. The summed E-state index contributed by atoms with van der Waals surface area (Å²) in [5.74, 6) is 0.654. The first-order valence-corrected chi connectivity index (χ1v) is 9.36. The molecule has 0 aliphatic heterocycles. The Labute approximate surface area is 163 Å². The van der Waals surface area contributed by atoms with Crippen LogP contribution in [0.25, 0.3) is 11.5 Å². The lowest BCUT2D eigenvalue weighted by Gasteiger charge is -2.05. The van der Waals surface area contributed by atoms with Gasteiger partial charge in [0.05, 0.1) is 12.0 Å². The van der Waals surface area contributed by atoms with Crippen LogP contribution >= 0.6 is 11.8 Å². The summed E-state index contributed by atoms with van der Waals surface area (Å²) in [5.41, 5.74) is 0.387. The predicted octanol–water partition coefficient (Wildman–Crippen LogP) is 5.05. The molecule has 0 unspecified atom stereocenters. The fraction of sp³-hybridized carbons (Fsp3) is 0.211. The molecular weight excluding hydrogens is 391 g/mol. The number of hydrogen-bond donors (Lipinski definition) is 1. The van der Waals surface area contributed by atoms with E-state index in [-0.39, 0.29) is 24.2 Å². The highest BCUT2D eigenvalue weighted by atomic mass is 32.2. The van der Waals surface area contributed by atoms with E-state index in [9.17, 15) is 18.0 Å². The highest BCUT2D eigenvalue weighted by molar-refractivity contribution is 7.99. The second kappa shape index (κ2) is 8.47. The molecule has 9 heteroatoms. The molecule has 0 aliphatic carbocycles. The maximum atomic E-state index is 12.6. The van der Waals surface area contributed by atoms with Crippen molar-refractivity contribution >= 4 is 23.7 Å². The zero-order valence-corrected chi connectivity index (χ0v) is 15.6. The van der Waals surface area contributed by atoms with Gasteiger partial charge in [0.2, 0.25) is 11.8 Å². The first kappa shape index (κ1) is 19.9. The van der Waals surface area contributed by atoms with Crippen LogP contribution in [0.5, 0.6) is 0 Å². The number of halogens is 3. The summed E-state index contributed by atoms with van der Waals surface area (Å²) >= 11 is 1.71. The molecular formula is C19H16F3N3O2S. The minimum atomic E-state index is -4.42. The zero-order chi connectivity index (χ0) is 20.1. The number of amides is 1. The average molecular weight is 407 g/mol. The first-order valence-electron chi connectivity index (χ1n) is 8.38. The number of rotatable bonds is 6. The van der Waals surface area contributed by atoms with Crippen molar-refractivity contribution in [3.63, 3.8) is 0 Å². The van der Waals surface area contributed by atoms with Crippen molar-refractivity contribution in [3.8, 4) is 11.5 Å². The van der Waals surface area contributed by atoms with Gasteiger partial charge in [0, 0.05) is 10.5 Å². The van der Waals surface area contributed by atoms with Crippen molar-refractivity contribution < 1.29 is 22.4 Å². The molecule has 1 heterocycles. The van der Waals surface area contributed by atoms with Crippen LogP contribution in [0.1, 0.15) is 18.1 Å². The number of nitrogens with one attached hydrogen (secondary N) is 1. The van der Waals surface area contributed by atoms with Gasteiger partial charge in [-0.2, -0.15) is 13.2 Å². The number of nitrogens with zero attached hydrogens (tertiary/aromatic N) is 2. The fourth-order valence-corrected chi connectivity index (χ4v) is 3.07. The van der Waals surface area contributed by atoms with E-state index in [0.717, 1.165) is 28.3 Å². The maximum absolute atomic E-state index is 12.6. The topological polar surface area (TPSA) is 68.0 Å². The van der Waals surface area contributed by atoms with E-state index in [1.807, 2.05) is 24.3 Å². The summed E-state index contributed by atoms with van der Waals surface area (Å²) < 4.78 is 43.1. The standard InChI is InChI=1S/C19H16F3N3O2S/c1-2-28-15-9-3-12(4-10-15)11-16(26)23-18-25-24-17(27-18)13-5-7-14(8-6-13)19(20,21)22/h3-10H,2,11H2,1H3,(H,23,25,26). The van der Waals surface area contributed by atoms with Crippen LogP contribution in [0, 0.1) is 0 Å². The lowest BCUT2D eigenvalue weighted by molar-refractivity contribution is -0.137. The Morgan fingerprint density at radius 3 is 2.36 bits per heavy atom. The SMILES string of the molecule is CCSc1ccc(CC(=O)Nc2nnc(-c3ccc(C(F)(F)F)cc3)o2)cc1. The number of anilines is 1. The number of alkyl halides is 3. The van der Waals surface area contributed by atoms with Gasteiger partial charge in [0.1, 0.15) is 0 Å². The minimum Gasteiger partial charge on any atom is -0.403 e. The third kappa shape index (κ3) is 5.13. The lowest BCUT2D eigenvalue weighted by Crippen LogP contribution is -2.14. The molecule has 0 fully saturated rings. The summed E-state index contributed by atoms with van der Waals surface area (Å²) in [6.45, 7) is 2.06. The Kier molecular flexibility index (Phi) is 6.03. The normalized spacial score (nSPS) is 11.4. The smallest absolute Gasteiger partial charge is 0.403 e. The highest BCUT2D eigenvalue weighted by Crippen LogP contribution is 2.31. The van der Waals surface area contributed by atoms with E-state index in [4.69, 9.17) is 4.42 Å². The summed E-state index contributed by atoms with van der Waals surface area (Å²) in [6, 6.07) is 11.9. The van der Waals surface area contributed by atoms with Gasteiger partial charge < -0.3 is 4.42 Å². The molecule has 28 heavy (non-hydrogen) atoms. The third-order valence-electron chi connectivity index (χ3n) is 3.73. The summed E-state index contributed by atoms with van der Waals surface area (Å²) in [6.07, 6.45) is -4.28. The van der Waals surface area contributed by atoms with Crippen LogP contribution in [-0.2, 0) is 17.4 Å². The molecule has 1 N–H and O–H groups in total. The molecule has 0 spiro atoms. The van der Waals surface area contributed by atoms with Crippen molar-refractivity contribution in [2.75, 3.05) is 11.1 Å². The number of carbonyl (C=O) groups is 1. The number of hydrogen-bond acceptors (Lipinski definition) is 5. The number of thioether (sulfide) groups is 1. The van der Waals surface area contributed by atoms with Gasteiger partial charge >= 0.3 is 12.2 Å². The van der Waals surface area contributed by atoms with Crippen LogP contribution in [-0.4, -0.2) is 21.9 Å². The van der Waals surface area contributed by atoms with Crippen molar-refractivity contribution in [2.45, 2.75) is 24.4 Å². The van der Waals surface area contributed by atoms with E-state index < -0.39 is 11.7 Å². The molecule has 0 saturated carbocycles. The van der Waals surface area contributed by atoms with Gasteiger partial charge in [-0.15, -0.1) is 16.9 Å². The molecule has 0 aliphatic rings. The molecule has 3 rings (SSSR count). The van der Waals surface area contributed by atoms with Gasteiger partial charge in [-0.3, -0.25) is 10.1 Å². The Morgan fingerprint density at radius 2 is 1.75 bits per heavy atom. The monoisotopic (exact) mass is 407 g/mol. The van der Waals surface area contributed by atoms with Crippen LogP contribution in [0.4, 0.5) is 19.2 Å². The Balaban J connectivity index is 1.61. The Hall–Kier alpha value is -2.81. The van der Waals surface area contributed by atoms with Gasteiger partial charge in [-0.05, 0) is 47.7 Å². The van der Waals surface area contributed by atoms with E-state index in [0.29, 0.717) is 5.56 Å².